The van der Waals surface area contributed by atoms with Crippen molar-refractivity contribution in [1.82, 2.24) is 9.47 Å². The molecule has 0 radical (unpaired) electrons. The van der Waals surface area contributed by atoms with Crippen LogP contribution in [0.2, 0.25) is 0 Å². The van der Waals surface area contributed by atoms with Gasteiger partial charge in [0.25, 0.3) is 0 Å². The van der Waals surface area contributed by atoms with Gasteiger partial charge < -0.3 is 9.88 Å². The van der Waals surface area contributed by atoms with Crippen molar-refractivity contribution in [1.29, 1.82) is 0 Å². The SMILES string of the molecule is CN(Cc1ccccc1)Cc1c(-c2ccc(NC(=O)C3CC3)cc2)sc2c1c(=O)c(C(=O)c1ccc(F)cc1)cn2Cc1c(F)cccc1F. The number of ketones is 1. The van der Waals surface area contributed by atoms with E-state index in [1.807, 2.05) is 61.6 Å². The molecule has 4 aromatic carbocycles. The molecule has 0 spiro atoms. The zero-order valence-corrected chi connectivity index (χ0v) is 27.9. The molecule has 50 heavy (non-hydrogen) atoms. The van der Waals surface area contributed by atoms with Gasteiger partial charge in [-0.1, -0.05) is 48.5 Å². The Hall–Kier alpha value is -5.32. The van der Waals surface area contributed by atoms with E-state index in [0.29, 0.717) is 29.2 Å². The molecule has 0 aliphatic heterocycles. The summed E-state index contributed by atoms with van der Waals surface area (Å²) in [5.74, 6) is -2.65. The Kier molecular flexibility index (Phi) is 9.22. The molecule has 0 unspecified atom stereocenters. The van der Waals surface area contributed by atoms with E-state index >= 15 is 8.78 Å². The number of amides is 1. The molecule has 0 saturated heterocycles. The third-order valence-corrected chi connectivity index (χ3v) is 10.2. The lowest BCUT2D eigenvalue weighted by atomic mass is 10.00. The lowest BCUT2D eigenvalue weighted by Gasteiger charge is -2.18. The Morgan fingerprint density at radius 1 is 0.840 bits per heavy atom. The highest BCUT2D eigenvalue weighted by molar-refractivity contribution is 7.22. The molecule has 1 aliphatic carbocycles. The van der Waals surface area contributed by atoms with Gasteiger partial charge in [0.05, 0.1) is 17.5 Å². The fourth-order valence-corrected chi connectivity index (χ4v) is 7.38. The average Bonchev–Trinajstić information content (AvgIpc) is 3.90. The summed E-state index contributed by atoms with van der Waals surface area (Å²) < 4.78 is 45.4. The molecule has 1 N–H and O–H groups in total. The van der Waals surface area contributed by atoms with Crippen molar-refractivity contribution < 1.29 is 22.8 Å². The average molecular weight is 692 g/mol. The van der Waals surface area contributed by atoms with E-state index in [1.54, 1.807) is 4.57 Å². The number of anilines is 1. The summed E-state index contributed by atoms with van der Waals surface area (Å²) in [5.41, 5.74) is 2.30. The summed E-state index contributed by atoms with van der Waals surface area (Å²) in [6, 6.07) is 25.7. The lowest BCUT2D eigenvalue weighted by molar-refractivity contribution is -0.117. The van der Waals surface area contributed by atoms with Crippen molar-refractivity contribution in [2.75, 3.05) is 12.4 Å². The first-order valence-electron chi connectivity index (χ1n) is 16.2. The molecule has 6 aromatic rings. The number of fused-ring (bicyclic) bond motifs is 1. The van der Waals surface area contributed by atoms with Crippen LogP contribution in [0.4, 0.5) is 18.9 Å². The number of nitrogens with zero attached hydrogens (tertiary/aromatic N) is 2. The number of nitrogens with one attached hydrogen (secondary N) is 1. The summed E-state index contributed by atoms with van der Waals surface area (Å²) in [6.07, 6.45) is 3.10. The summed E-state index contributed by atoms with van der Waals surface area (Å²) in [4.78, 5) is 44.0. The van der Waals surface area contributed by atoms with Crippen LogP contribution < -0.4 is 10.7 Å². The van der Waals surface area contributed by atoms with Crippen LogP contribution in [0.1, 0.15) is 45.5 Å². The van der Waals surface area contributed by atoms with E-state index in [-0.39, 0.29) is 40.4 Å². The smallest absolute Gasteiger partial charge is 0.227 e. The van der Waals surface area contributed by atoms with E-state index < -0.39 is 28.7 Å². The molecule has 1 amide bonds. The number of carbonyl (C=O) groups excluding carboxylic acids is 2. The Morgan fingerprint density at radius 2 is 1.52 bits per heavy atom. The molecule has 2 aromatic heterocycles. The molecule has 1 aliphatic rings. The Bertz CT molecular complexity index is 2260. The predicted molar refractivity (Wildman–Crippen MR) is 190 cm³/mol. The summed E-state index contributed by atoms with van der Waals surface area (Å²) in [7, 11) is 1.93. The Balaban J connectivity index is 1.41. The van der Waals surface area contributed by atoms with Gasteiger partial charge in [0.2, 0.25) is 11.3 Å². The number of hydrogen-bond acceptors (Lipinski definition) is 5. The van der Waals surface area contributed by atoms with Crippen molar-refractivity contribution >= 4 is 38.9 Å². The second kappa shape index (κ2) is 13.9. The number of halogens is 3. The first-order valence-corrected chi connectivity index (χ1v) is 17.0. The van der Waals surface area contributed by atoms with Gasteiger partial charge in [0.15, 0.2) is 5.78 Å². The molecule has 2 heterocycles. The zero-order valence-electron chi connectivity index (χ0n) is 27.1. The first-order chi connectivity index (χ1) is 24.2. The Labute approximate surface area is 290 Å². The topological polar surface area (TPSA) is 71.4 Å². The van der Waals surface area contributed by atoms with Gasteiger partial charge in [-0.3, -0.25) is 19.3 Å². The minimum Gasteiger partial charge on any atom is -0.334 e. The van der Waals surface area contributed by atoms with Crippen LogP contribution >= 0.6 is 11.3 Å². The van der Waals surface area contributed by atoms with Gasteiger partial charge in [-0.2, -0.15) is 0 Å². The van der Waals surface area contributed by atoms with Crippen molar-refractivity contribution in [2.45, 2.75) is 32.5 Å². The Morgan fingerprint density at radius 3 is 2.18 bits per heavy atom. The van der Waals surface area contributed by atoms with Crippen LogP contribution in [-0.2, 0) is 24.4 Å². The van der Waals surface area contributed by atoms with Gasteiger partial charge in [-0.25, -0.2) is 13.2 Å². The number of pyridine rings is 1. The molecule has 10 heteroatoms. The third-order valence-electron chi connectivity index (χ3n) is 8.83. The van der Waals surface area contributed by atoms with Gasteiger partial charge in [-0.15, -0.1) is 11.3 Å². The standard InChI is InChI=1S/C40H32F3N3O3S/c1-45(20-24-6-3-2-4-7-24)21-31-35-37(48)32(36(47)25-12-16-28(41)17-13-25)23-46(22-30-33(42)8-5-9-34(30)43)40(35)50-38(31)26-14-18-29(19-15-26)44-39(49)27-10-11-27/h2-9,12-19,23,27H,10-11,20-22H2,1H3,(H,44,49). The lowest BCUT2D eigenvalue weighted by Crippen LogP contribution is -2.22. The van der Waals surface area contributed by atoms with Crippen molar-refractivity contribution in [3.8, 4) is 10.4 Å². The number of rotatable bonds is 11. The van der Waals surface area contributed by atoms with E-state index in [9.17, 15) is 18.8 Å². The summed E-state index contributed by atoms with van der Waals surface area (Å²) in [6.45, 7) is 0.582. The molecule has 7 rings (SSSR count). The van der Waals surface area contributed by atoms with E-state index in [0.717, 1.165) is 53.1 Å². The zero-order chi connectivity index (χ0) is 34.9. The molecule has 0 bridgehead atoms. The van der Waals surface area contributed by atoms with Crippen LogP contribution in [0.15, 0.2) is 108 Å². The molecule has 6 nitrogen and oxygen atoms in total. The number of thiophene rings is 1. The first kappa shape index (κ1) is 33.2. The van der Waals surface area contributed by atoms with Gasteiger partial charge in [-0.05, 0) is 85.1 Å². The van der Waals surface area contributed by atoms with E-state index in [1.165, 1.54) is 35.7 Å². The molecular formula is C40H32F3N3O3S. The molecule has 0 atom stereocenters. The summed E-state index contributed by atoms with van der Waals surface area (Å²) in [5, 5.41) is 3.21. The van der Waals surface area contributed by atoms with Crippen molar-refractivity contribution in [3.05, 3.63) is 159 Å². The normalized spacial score (nSPS) is 12.8. The van der Waals surface area contributed by atoms with Crippen molar-refractivity contribution in [3.63, 3.8) is 0 Å². The second-order valence-electron chi connectivity index (χ2n) is 12.6. The third kappa shape index (κ3) is 6.90. The quantitative estimate of drug-likeness (QED) is 0.139. The van der Waals surface area contributed by atoms with Crippen LogP contribution in [0.25, 0.3) is 20.7 Å². The number of benzene rings is 4. The largest absolute Gasteiger partial charge is 0.334 e. The number of hydrogen-bond donors (Lipinski definition) is 1. The van der Waals surface area contributed by atoms with Gasteiger partial charge in [0.1, 0.15) is 22.3 Å². The van der Waals surface area contributed by atoms with E-state index in [4.69, 9.17) is 0 Å². The fourth-order valence-electron chi connectivity index (χ4n) is 6.09. The highest BCUT2D eigenvalue weighted by Crippen LogP contribution is 2.40. The molecule has 252 valence electrons. The number of aromatic nitrogens is 1. The maximum atomic E-state index is 15.0. The number of carbonyl (C=O) groups is 2. The van der Waals surface area contributed by atoms with E-state index in [2.05, 4.69) is 10.2 Å². The van der Waals surface area contributed by atoms with Crippen LogP contribution in [-0.4, -0.2) is 28.2 Å². The fraction of sp³-hybridized carbons (Fsp3) is 0.175. The molecular weight excluding hydrogens is 660 g/mol. The van der Waals surface area contributed by atoms with Gasteiger partial charge in [0, 0.05) is 46.9 Å². The van der Waals surface area contributed by atoms with Crippen LogP contribution in [0.5, 0.6) is 0 Å². The van der Waals surface area contributed by atoms with Crippen LogP contribution in [0.3, 0.4) is 0 Å². The van der Waals surface area contributed by atoms with Gasteiger partial charge >= 0.3 is 0 Å². The highest BCUT2D eigenvalue weighted by atomic mass is 32.1. The maximum absolute atomic E-state index is 15.0. The second-order valence-corrected chi connectivity index (χ2v) is 13.6. The minimum absolute atomic E-state index is 0.0152. The molecule has 1 fully saturated rings. The maximum Gasteiger partial charge on any atom is 0.227 e. The minimum atomic E-state index is -0.758. The monoisotopic (exact) mass is 691 g/mol. The van der Waals surface area contributed by atoms with Crippen LogP contribution in [0, 0.1) is 23.4 Å². The molecule has 1 saturated carbocycles. The highest BCUT2D eigenvalue weighted by Gasteiger charge is 2.30. The van der Waals surface area contributed by atoms with Crippen molar-refractivity contribution in [2.24, 2.45) is 5.92 Å². The predicted octanol–water partition coefficient (Wildman–Crippen LogP) is 8.41. The summed E-state index contributed by atoms with van der Waals surface area (Å²) >= 11 is 1.29.